The van der Waals surface area contributed by atoms with Crippen molar-refractivity contribution in [3.8, 4) is 11.5 Å². The summed E-state index contributed by atoms with van der Waals surface area (Å²) in [5.74, 6) is 0.740. The first-order valence-corrected chi connectivity index (χ1v) is 11.0. The van der Waals surface area contributed by atoms with Crippen LogP contribution in [0, 0.1) is 5.92 Å². The summed E-state index contributed by atoms with van der Waals surface area (Å²) in [5, 5.41) is 4.35. The Bertz CT molecular complexity index is 1240. The van der Waals surface area contributed by atoms with Gasteiger partial charge in [0.25, 0.3) is 5.91 Å². The third-order valence-electron chi connectivity index (χ3n) is 5.46. The highest BCUT2D eigenvalue weighted by molar-refractivity contribution is 7.17. The summed E-state index contributed by atoms with van der Waals surface area (Å²) in [7, 11) is 0. The van der Waals surface area contributed by atoms with Gasteiger partial charge in [-0.1, -0.05) is 36.1 Å². The first-order chi connectivity index (χ1) is 15.2. The smallest absolute Gasteiger partial charge is 0.259 e. The topological polar surface area (TPSA) is 77.3 Å². The van der Waals surface area contributed by atoms with Crippen molar-refractivity contribution >= 4 is 38.9 Å². The number of thiazole rings is 1. The molecule has 7 heteroatoms. The average Bonchev–Trinajstić information content (AvgIpc) is 3.49. The maximum absolute atomic E-state index is 12.9. The lowest BCUT2D eigenvalue weighted by Crippen LogP contribution is -2.16. The van der Waals surface area contributed by atoms with Crippen LogP contribution in [0.5, 0.6) is 0 Å². The molecule has 1 saturated heterocycles. The number of fused-ring (bicyclic) bond motifs is 1. The minimum atomic E-state index is -0.249. The van der Waals surface area contributed by atoms with Gasteiger partial charge in [0.15, 0.2) is 10.9 Å². The quantitative estimate of drug-likeness (QED) is 0.442. The number of carbonyl (C=O) groups is 1. The fraction of sp³-hybridized carbons (Fsp3) is 0.208. The number of hydrogen-bond acceptors (Lipinski definition) is 6. The molecule has 0 atom stereocenters. The summed E-state index contributed by atoms with van der Waals surface area (Å²) < 4.78 is 11.1. The van der Waals surface area contributed by atoms with Crippen LogP contribution in [0.1, 0.15) is 28.1 Å². The molecule has 6 nitrogen and oxygen atoms in total. The van der Waals surface area contributed by atoms with Gasteiger partial charge in [-0.05, 0) is 48.6 Å². The van der Waals surface area contributed by atoms with E-state index in [0.29, 0.717) is 28.1 Å². The molecule has 1 aromatic carbocycles. The van der Waals surface area contributed by atoms with Crippen molar-refractivity contribution in [2.24, 2.45) is 5.92 Å². The second-order valence-electron chi connectivity index (χ2n) is 7.46. The Balaban J connectivity index is 1.44. The standard InChI is InChI=1S/C24H21N3O3S/c1-15(16-8-11-29-12-9-16)22-21(20-7-4-10-30-20)26-24(31-22)27-23(28)18-13-17-5-2-3-6-19(17)25-14-18/h2-7,10,13-14,16H,1,8-9,11-12H2,(H,26,27,28). The minimum Gasteiger partial charge on any atom is -0.463 e. The molecule has 3 aromatic heterocycles. The molecule has 156 valence electrons. The summed E-state index contributed by atoms with van der Waals surface area (Å²) in [6, 6.07) is 13.2. The van der Waals surface area contributed by atoms with E-state index in [-0.39, 0.29) is 5.91 Å². The molecule has 0 radical (unpaired) electrons. The second kappa shape index (κ2) is 8.45. The van der Waals surface area contributed by atoms with Gasteiger partial charge in [0, 0.05) is 24.8 Å². The van der Waals surface area contributed by atoms with E-state index in [4.69, 9.17) is 9.15 Å². The van der Waals surface area contributed by atoms with E-state index in [1.54, 1.807) is 12.5 Å². The summed E-state index contributed by atoms with van der Waals surface area (Å²) in [5.41, 5.74) is 3.06. The van der Waals surface area contributed by atoms with Crippen molar-refractivity contribution in [3.05, 3.63) is 71.9 Å². The first-order valence-electron chi connectivity index (χ1n) is 10.2. The Morgan fingerprint density at radius 2 is 2.00 bits per heavy atom. The van der Waals surface area contributed by atoms with Crippen LogP contribution in [0.15, 0.2) is 65.9 Å². The molecule has 0 spiro atoms. The number of nitrogens with one attached hydrogen (secondary N) is 1. The van der Waals surface area contributed by atoms with Crippen LogP contribution in [-0.4, -0.2) is 29.1 Å². The molecule has 4 aromatic rings. The lowest BCUT2D eigenvalue weighted by molar-refractivity contribution is 0.0809. The molecule has 1 amide bonds. The molecule has 1 N–H and O–H groups in total. The number of para-hydroxylation sites is 1. The molecule has 5 rings (SSSR count). The van der Waals surface area contributed by atoms with E-state index < -0.39 is 0 Å². The number of amides is 1. The Kier molecular flexibility index (Phi) is 5.36. The largest absolute Gasteiger partial charge is 0.463 e. The molecule has 4 heterocycles. The van der Waals surface area contributed by atoms with Crippen LogP contribution in [0.2, 0.25) is 0 Å². The molecule has 0 saturated carbocycles. The molecular weight excluding hydrogens is 410 g/mol. The van der Waals surface area contributed by atoms with Crippen molar-refractivity contribution in [2.45, 2.75) is 12.8 Å². The number of benzene rings is 1. The van der Waals surface area contributed by atoms with E-state index in [9.17, 15) is 4.79 Å². The number of rotatable bonds is 5. The predicted molar refractivity (Wildman–Crippen MR) is 122 cm³/mol. The number of nitrogens with zero attached hydrogens (tertiary/aromatic N) is 2. The summed E-state index contributed by atoms with van der Waals surface area (Å²) in [6.07, 6.45) is 5.06. The number of anilines is 1. The van der Waals surface area contributed by atoms with Crippen LogP contribution in [0.3, 0.4) is 0 Å². The Morgan fingerprint density at radius 1 is 1.16 bits per heavy atom. The first kappa shape index (κ1) is 19.7. The normalized spacial score (nSPS) is 14.6. The van der Waals surface area contributed by atoms with E-state index in [2.05, 4.69) is 21.9 Å². The molecule has 0 bridgehead atoms. The van der Waals surface area contributed by atoms with Gasteiger partial charge >= 0.3 is 0 Å². The fourth-order valence-electron chi connectivity index (χ4n) is 3.77. The fourth-order valence-corrected chi connectivity index (χ4v) is 4.78. The Hall–Kier alpha value is -3.29. The van der Waals surface area contributed by atoms with E-state index in [1.807, 2.05) is 42.5 Å². The van der Waals surface area contributed by atoms with Crippen molar-refractivity contribution in [1.82, 2.24) is 9.97 Å². The SMILES string of the molecule is C=C(c1sc(NC(=O)c2cnc3ccccc3c2)nc1-c1ccco1)C1CCOCC1. The molecule has 1 aliphatic heterocycles. The molecular formula is C24H21N3O3S. The van der Waals surface area contributed by atoms with Crippen molar-refractivity contribution < 1.29 is 13.9 Å². The second-order valence-corrected chi connectivity index (χ2v) is 8.46. The summed E-state index contributed by atoms with van der Waals surface area (Å²) in [4.78, 5) is 22.9. The van der Waals surface area contributed by atoms with E-state index >= 15 is 0 Å². The molecule has 1 aliphatic rings. The van der Waals surface area contributed by atoms with Crippen LogP contribution < -0.4 is 5.32 Å². The molecule has 31 heavy (non-hydrogen) atoms. The highest BCUT2D eigenvalue weighted by Gasteiger charge is 2.25. The van der Waals surface area contributed by atoms with Gasteiger partial charge in [0.05, 0.1) is 22.2 Å². The van der Waals surface area contributed by atoms with Crippen LogP contribution in [0.25, 0.3) is 27.9 Å². The summed E-state index contributed by atoms with van der Waals surface area (Å²) >= 11 is 1.42. The number of carbonyl (C=O) groups excluding carboxylic acids is 1. The highest BCUT2D eigenvalue weighted by Crippen LogP contribution is 2.41. The zero-order valence-electron chi connectivity index (χ0n) is 16.8. The zero-order valence-corrected chi connectivity index (χ0v) is 17.7. The van der Waals surface area contributed by atoms with Gasteiger partial charge in [0.2, 0.25) is 0 Å². The van der Waals surface area contributed by atoms with Gasteiger partial charge < -0.3 is 9.15 Å². The van der Waals surface area contributed by atoms with Crippen molar-refractivity contribution in [2.75, 3.05) is 18.5 Å². The van der Waals surface area contributed by atoms with Gasteiger partial charge in [-0.15, -0.1) is 0 Å². The van der Waals surface area contributed by atoms with Crippen molar-refractivity contribution in [3.63, 3.8) is 0 Å². The maximum Gasteiger partial charge on any atom is 0.259 e. The zero-order chi connectivity index (χ0) is 21.2. The van der Waals surface area contributed by atoms with Gasteiger partial charge in [-0.3, -0.25) is 15.1 Å². The van der Waals surface area contributed by atoms with E-state index in [1.165, 1.54) is 11.3 Å². The third-order valence-corrected chi connectivity index (χ3v) is 6.51. The lowest BCUT2D eigenvalue weighted by Gasteiger charge is -2.23. The number of aromatic nitrogens is 2. The molecule has 1 fully saturated rings. The average molecular weight is 432 g/mol. The van der Waals surface area contributed by atoms with Crippen LogP contribution >= 0.6 is 11.3 Å². The molecule has 0 aliphatic carbocycles. The predicted octanol–water partition coefficient (Wildman–Crippen LogP) is 5.64. The van der Waals surface area contributed by atoms with Crippen LogP contribution in [0.4, 0.5) is 5.13 Å². The van der Waals surface area contributed by atoms with Crippen molar-refractivity contribution in [1.29, 1.82) is 0 Å². The minimum absolute atomic E-state index is 0.249. The number of pyridine rings is 1. The monoisotopic (exact) mass is 431 g/mol. The maximum atomic E-state index is 12.9. The highest BCUT2D eigenvalue weighted by atomic mass is 32.1. The molecule has 0 unspecified atom stereocenters. The van der Waals surface area contributed by atoms with Gasteiger partial charge in [-0.25, -0.2) is 4.98 Å². The Morgan fingerprint density at radius 3 is 2.81 bits per heavy atom. The van der Waals surface area contributed by atoms with Crippen LogP contribution in [-0.2, 0) is 4.74 Å². The number of ether oxygens (including phenoxy) is 1. The number of hydrogen-bond donors (Lipinski definition) is 1. The summed E-state index contributed by atoms with van der Waals surface area (Å²) in [6.45, 7) is 5.82. The van der Waals surface area contributed by atoms with Gasteiger partial charge in [0.1, 0.15) is 5.69 Å². The lowest BCUT2D eigenvalue weighted by atomic mass is 9.91. The Labute approximate surface area is 183 Å². The number of furan rings is 1. The van der Waals surface area contributed by atoms with Gasteiger partial charge in [-0.2, -0.15) is 0 Å². The third kappa shape index (κ3) is 4.02. The van der Waals surface area contributed by atoms with E-state index in [0.717, 1.165) is 47.4 Å². The number of allylic oxidation sites excluding steroid dienone is 1.